The maximum absolute atomic E-state index is 12.2. The van der Waals surface area contributed by atoms with E-state index in [0.717, 1.165) is 11.3 Å². The Hall–Kier alpha value is -2.47. The summed E-state index contributed by atoms with van der Waals surface area (Å²) in [6, 6.07) is 14.8. The van der Waals surface area contributed by atoms with Crippen molar-refractivity contribution in [3.05, 3.63) is 54.1 Å². The fourth-order valence-electron chi connectivity index (χ4n) is 2.09. The lowest BCUT2D eigenvalue weighted by Gasteiger charge is -2.13. The van der Waals surface area contributed by atoms with Crippen LogP contribution in [-0.2, 0) is 9.59 Å². The number of carbonyl (C=O) groups excluding carboxylic acids is 2. The summed E-state index contributed by atoms with van der Waals surface area (Å²) in [6.07, 6.45) is 0. The molecule has 2 aromatic carbocycles. The number of methoxy groups -OCH3 is 1. The van der Waals surface area contributed by atoms with Crippen molar-refractivity contribution in [2.24, 2.45) is 0 Å². The Bertz CT molecular complexity index is 732. The van der Waals surface area contributed by atoms with Gasteiger partial charge in [0.2, 0.25) is 11.8 Å². The van der Waals surface area contributed by atoms with Gasteiger partial charge in [-0.05, 0) is 38.1 Å². The first-order chi connectivity index (χ1) is 12.0. The first-order valence-electron chi connectivity index (χ1n) is 7.91. The molecule has 0 saturated heterocycles. The van der Waals surface area contributed by atoms with Gasteiger partial charge in [0.1, 0.15) is 5.75 Å². The smallest absolute Gasteiger partial charge is 0.237 e. The number of nitrogens with one attached hydrogen (secondary N) is 2. The molecule has 0 heterocycles. The predicted octanol–water partition coefficient (Wildman–Crippen LogP) is 3.70. The topological polar surface area (TPSA) is 67.4 Å². The number of anilines is 2. The average Bonchev–Trinajstić information content (AvgIpc) is 2.62. The highest BCUT2D eigenvalue weighted by molar-refractivity contribution is 8.01. The van der Waals surface area contributed by atoms with E-state index >= 15 is 0 Å². The number of amides is 2. The van der Waals surface area contributed by atoms with E-state index in [1.165, 1.54) is 11.8 Å². The maximum Gasteiger partial charge on any atom is 0.237 e. The second-order valence-electron chi connectivity index (χ2n) is 5.56. The Morgan fingerprint density at radius 2 is 1.76 bits per heavy atom. The van der Waals surface area contributed by atoms with Crippen LogP contribution >= 0.6 is 11.8 Å². The molecule has 2 aromatic rings. The molecule has 2 rings (SSSR count). The largest absolute Gasteiger partial charge is 0.495 e. The van der Waals surface area contributed by atoms with E-state index in [4.69, 9.17) is 4.74 Å². The van der Waals surface area contributed by atoms with Crippen molar-refractivity contribution in [3.8, 4) is 5.75 Å². The highest BCUT2D eigenvalue weighted by atomic mass is 32.2. The van der Waals surface area contributed by atoms with Crippen molar-refractivity contribution in [2.75, 3.05) is 23.5 Å². The number of hydrogen-bond acceptors (Lipinski definition) is 4. The summed E-state index contributed by atoms with van der Waals surface area (Å²) >= 11 is 1.28. The molecule has 1 unspecified atom stereocenters. The third-order valence-electron chi connectivity index (χ3n) is 3.53. The van der Waals surface area contributed by atoms with Crippen molar-refractivity contribution in [2.45, 2.75) is 19.1 Å². The van der Waals surface area contributed by atoms with Crippen LogP contribution in [0.4, 0.5) is 11.4 Å². The quantitative estimate of drug-likeness (QED) is 0.792. The summed E-state index contributed by atoms with van der Waals surface area (Å²) in [5, 5.41) is 5.30. The van der Waals surface area contributed by atoms with Gasteiger partial charge in [0.15, 0.2) is 0 Å². The van der Waals surface area contributed by atoms with Gasteiger partial charge < -0.3 is 15.4 Å². The lowest BCUT2D eigenvalue weighted by molar-refractivity contribution is -0.115. The molecule has 6 heteroatoms. The Kier molecular flexibility index (Phi) is 6.89. The van der Waals surface area contributed by atoms with Crippen molar-refractivity contribution in [1.29, 1.82) is 0 Å². The summed E-state index contributed by atoms with van der Waals surface area (Å²) < 4.78 is 5.20. The molecule has 0 aliphatic carbocycles. The fourth-order valence-corrected chi connectivity index (χ4v) is 2.78. The summed E-state index contributed by atoms with van der Waals surface area (Å²) in [5.74, 6) is 0.481. The number of thioether (sulfide) groups is 1. The van der Waals surface area contributed by atoms with Crippen molar-refractivity contribution < 1.29 is 14.3 Å². The van der Waals surface area contributed by atoms with E-state index in [2.05, 4.69) is 10.6 Å². The van der Waals surface area contributed by atoms with Crippen LogP contribution < -0.4 is 15.4 Å². The van der Waals surface area contributed by atoms with Crippen molar-refractivity contribution in [3.63, 3.8) is 0 Å². The fraction of sp³-hybridized carbons (Fsp3) is 0.263. The van der Waals surface area contributed by atoms with Crippen LogP contribution in [-0.4, -0.2) is 29.9 Å². The second-order valence-corrected chi connectivity index (χ2v) is 6.89. The SMILES string of the molecule is COc1ccccc1NC(=O)CSC(C)C(=O)Nc1ccc(C)cc1. The molecule has 1 atom stereocenters. The average molecular weight is 358 g/mol. The molecule has 25 heavy (non-hydrogen) atoms. The number of benzene rings is 2. The van der Waals surface area contributed by atoms with Crippen LogP contribution in [0.1, 0.15) is 12.5 Å². The van der Waals surface area contributed by atoms with Crippen LogP contribution in [0, 0.1) is 6.92 Å². The number of aryl methyl sites for hydroxylation is 1. The molecular formula is C19H22N2O3S. The Morgan fingerprint density at radius 1 is 1.08 bits per heavy atom. The molecule has 0 radical (unpaired) electrons. The zero-order valence-electron chi connectivity index (χ0n) is 14.5. The maximum atomic E-state index is 12.2. The van der Waals surface area contributed by atoms with Gasteiger partial charge in [-0.3, -0.25) is 9.59 Å². The van der Waals surface area contributed by atoms with Gasteiger partial charge in [0, 0.05) is 5.69 Å². The van der Waals surface area contributed by atoms with Gasteiger partial charge in [0.25, 0.3) is 0 Å². The van der Waals surface area contributed by atoms with Gasteiger partial charge in [0.05, 0.1) is 23.8 Å². The van der Waals surface area contributed by atoms with E-state index in [0.29, 0.717) is 11.4 Å². The molecule has 2 amide bonds. The van der Waals surface area contributed by atoms with E-state index in [1.54, 1.807) is 26.2 Å². The van der Waals surface area contributed by atoms with Crippen LogP contribution in [0.2, 0.25) is 0 Å². The number of hydrogen-bond donors (Lipinski definition) is 2. The zero-order valence-corrected chi connectivity index (χ0v) is 15.4. The molecule has 0 spiro atoms. The third kappa shape index (κ3) is 5.83. The Morgan fingerprint density at radius 3 is 2.44 bits per heavy atom. The van der Waals surface area contributed by atoms with Crippen molar-refractivity contribution in [1.82, 2.24) is 0 Å². The molecule has 0 aliphatic rings. The zero-order chi connectivity index (χ0) is 18.2. The molecule has 0 aromatic heterocycles. The van der Waals surface area contributed by atoms with Gasteiger partial charge in [-0.2, -0.15) is 0 Å². The van der Waals surface area contributed by atoms with Crippen LogP contribution in [0.15, 0.2) is 48.5 Å². The van der Waals surface area contributed by atoms with E-state index in [1.807, 2.05) is 43.3 Å². The Balaban J connectivity index is 1.82. The normalized spacial score (nSPS) is 11.5. The minimum absolute atomic E-state index is 0.126. The summed E-state index contributed by atoms with van der Waals surface area (Å²) in [4.78, 5) is 24.3. The minimum atomic E-state index is -0.343. The highest BCUT2D eigenvalue weighted by Gasteiger charge is 2.16. The monoisotopic (exact) mass is 358 g/mol. The number of para-hydroxylation sites is 2. The van der Waals surface area contributed by atoms with E-state index in [-0.39, 0.29) is 22.8 Å². The first-order valence-corrected chi connectivity index (χ1v) is 8.96. The minimum Gasteiger partial charge on any atom is -0.495 e. The number of ether oxygens (including phenoxy) is 1. The summed E-state index contributed by atoms with van der Waals surface area (Å²) in [7, 11) is 1.55. The highest BCUT2D eigenvalue weighted by Crippen LogP contribution is 2.23. The van der Waals surface area contributed by atoms with Gasteiger partial charge in [-0.15, -0.1) is 11.8 Å². The third-order valence-corrected chi connectivity index (χ3v) is 4.68. The van der Waals surface area contributed by atoms with Crippen LogP contribution in [0.25, 0.3) is 0 Å². The van der Waals surface area contributed by atoms with Gasteiger partial charge in [-0.25, -0.2) is 0 Å². The molecule has 0 aliphatic heterocycles. The molecule has 5 nitrogen and oxygen atoms in total. The molecule has 0 bridgehead atoms. The lowest BCUT2D eigenvalue weighted by Crippen LogP contribution is -2.25. The van der Waals surface area contributed by atoms with Crippen LogP contribution in [0.5, 0.6) is 5.75 Å². The van der Waals surface area contributed by atoms with Crippen LogP contribution in [0.3, 0.4) is 0 Å². The van der Waals surface area contributed by atoms with Gasteiger partial charge in [-0.1, -0.05) is 29.8 Å². The first kappa shape index (κ1) is 18.9. The predicted molar refractivity (Wildman–Crippen MR) is 103 cm³/mol. The molecule has 0 fully saturated rings. The molecule has 2 N–H and O–H groups in total. The molecule has 0 saturated carbocycles. The standard InChI is InChI=1S/C19H22N2O3S/c1-13-8-10-15(11-9-13)20-19(23)14(2)25-12-18(22)21-16-6-4-5-7-17(16)24-3/h4-11,14H,12H2,1-3H3,(H,20,23)(H,21,22). The van der Waals surface area contributed by atoms with Crippen molar-refractivity contribution >= 4 is 35.0 Å². The Labute approximate surface area is 152 Å². The summed E-state index contributed by atoms with van der Waals surface area (Å²) in [5.41, 5.74) is 2.50. The summed E-state index contributed by atoms with van der Waals surface area (Å²) in [6.45, 7) is 3.77. The number of rotatable bonds is 7. The number of carbonyl (C=O) groups is 2. The van der Waals surface area contributed by atoms with Gasteiger partial charge >= 0.3 is 0 Å². The molecular weight excluding hydrogens is 336 g/mol. The lowest BCUT2D eigenvalue weighted by atomic mass is 10.2. The molecule has 132 valence electrons. The van der Waals surface area contributed by atoms with E-state index < -0.39 is 0 Å². The van der Waals surface area contributed by atoms with E-state index in [9.17, 15) is 9.59 Å². The second kappa shape index (κ2) is 9.13.